The molecule has 1 fully saturated rings. The standard InChI is InChI=1S/C53H60N6O8S2/c1-52(2)45-35-41(18-16-39-20-24-43(25-21-39)68(62,63)64)37-56(5)50(45)54-47(52)13-12-14-48-53(3,4)46-36-42(19-17-40-22-26-44(27-23-40)69(65,66)67)38-59(51(46)55-48)30-11-7-10-29-58-33-31-57(32-34-58)28-9-6-8-15-49(60)61/h12-14,20-27,35-38H,6-11,15,28-34H2,1-5H3,(H2-,60,61,62,63,64,65,66,67)/p+1. The summed E-state index contributed by atoms with van der Waals surface area (Å²) < 4.78 is 66.9. The lowest BCUT2D eigenvalue weighted by molar-refractivity contribution is -0.658. The Morgan fingerprint density at radius 3 is 1.83 bits per heavy atom. The van der Waals surface area contributed by atoms with Crippen LogP contribution in [0.4, 0.5) is 5.82 Å². The number of amidine groups is 1. The van der Waals surface area contributed by atoms with Gasteiger partial charge >= 0.3 is 11.8 Å². The molecule has 0 unspecified atom stereocenters. The van der Waals surface area contributed by atoms with Crippen LogP contribution in [0.15, 0.2) is 128 Å². The number of carboxylic acid groups (broad SMARTS) is 1. The van der Waals surface area contributed by atoms with Gasteiger partial charge in [-0.15, -0.1) is 0 Å². The Balaban J connectivity index is 1.03. The minimum Gasteiger partial charge on any atom is -0.481 e. The van der Waals surface area contributed by atoms with E-state index in [0.717, 1.165) is 130 Å². The molecular formula is C53H61N6O8S2+. The van der Waals surface area contributed by atoms with Crippen LogP contribution in [0, 0.1) is 29.1 Å². The number of unbranched alkanes of at least 4 members (excludes halogenated alkanes) is 4. The van der Waals surface area contributed by atoms with Crippen LogP contribution in [-0.4, -0.2) is 109 Å². The summed E-state index contributed by atoms with van der Waals surface area (Å²) in [6, 6.07) is 13.6. The topological polar surface area (TPSA) is 184 Å². The molecule has 4 aliphatic heterocycles. The number of hydrogen-bond donors (Lipinski definition) is 3. The van der Waals surface area contributed by atoms with Crippen molar-refractivity contribution < 1.29 is 40.4 Å². The number of fused-ring (bicyclic) bond motifs is 2. The first kappa shape index (κ1) is 50.9. The third-order valence-electron chi connectivity index (χ3n) is 13.1. The first-order valence-electron chi connectivity index (χ1n) is 23.4. The second-order valence-corrected chi connectivity index (χ2v) is 21.8. The Bertz CT molecular complexity index is 3010. The SMILES string of the molecule is C[n+]1cc(C#Cc2ccc(S(=O)(=O)O)cc2)cc2c1N=C(/C=C/C=C1\N=C3C(=CC(C#Cc4ccc(S(=O)(=O)O)cc4)=CN3CCCCCN3CCN(CCCCCC(=O)O)CC3)C1(C)C)C2(C)C. The molecule has 0 amide bonds. The number of aromatic nitrogens is 1. The van der Waals surface area contributed by atoms with Gasteiger partial charge in [-0.3, -0.25) is 13.9 Å². The highest BCUT2D eigenvalue weighted by atomic mass is 32.2. The number of piperazine rings is 1. The molecule has 4 aliphatic rings. The Labute approximate surface area is 407 Å². The summed E-state index contributed by atoms with van der Waals surface area (Å²) >= 11 is 0. The van der Waals surface area contributed by atoms with Gasteiger partial charge in [0.25, 0.3) is 20.2 Å². The number of allylic oxidation sites excluding steroid dienone is 6. The van der Waals surface area contributed by atoms with Crippen LogP contribution in [0.5, 0.6) is 0 Å². The maximum Gasteiger partial charge on any atom is 0.327 e. The third-order valence-corrected chi connectivity index (χ3v) is 14.8. The molecule has 14 nitrogen and oxygen atoms in total. The highest BCUT2D eigenvalue weighted by Gasteiger charge is 2.43. The molecule has 0 saturated carbocycles. The van der Waals surface area contributed by atoms with E-state index >= 15 is 0 Å². The molecule has 7 rings (SSSR count). The number of aliphatic imine (C=N–C) groups is 2. The molecule has 0 radical (unpaired) electrons. The van der Waals surface area contributed by atoms with Gasteiger partial charge in [-0.05, 0) is 130 Å². The Hall–Kier alpha value is -5.98. The predicted octanol–water partition coefficient (Wildman–Crippen LogP) is 7.26. The quantitative estimate of drug-likeness (QED) is 0.0569. The number of aryl methyl sites for hydroxylation is 1. The molecule has 1 saturated heterocycles. The van der Waals surface area contributed by atoms with Crippen LogP contribution in [0.1, 0.15) is 94.9 Å². The zero-order chi connectivity index (χ0) is 49.6. The third kappa shape index (κ3) is 12.8. The van der Waals surface area contributed by atoms with Gasteiger partial charge in [-0.2, -0.15) is 16.8 Å². The van der Waals surface area contributed by atoms with E-state index in [1.807, 2.05) is 42.2 Å². The smallest absolute Gasteiger partial charge is 0.327 e. The van der Waals surface area contributed by atoms with Crippen molar-refractivity contribution in [1.29, 1.82) is 0 Å². The van der Waals surface area contributed by atoms with Gasteiger partial charge in [-0.25, -0.2) is 9.56 Å². The van der Waals surface area contributed by atoms with Crippen molar-refractivity contribution in [2.45, 2.75) is 87.8 Å². The van der Waals surface area contributed by atoms with Crippen LogP contribution in [0.2, 0.25) is 0 Å². The highest BCUT2D eigenvalue weighted by Crippen LogP contribution is 2.45. The number of carbonyl (C=O) groups is 1. The number of pyridine rings is 1. The van der Waals surface area contributed by atoms with Crippen LogP contribution in [-0.2, 0) is 37.5 Å². The summed E-state index contributed by atoms with van der Waals surface area (Å²) in [5.74, 6) is 13.7. The van der Waals surface area contributed by atoms with E-state index in [-0.39, 0.29) is 16.2 Å². The zero-order valence-corrected chi connectivity index (χ0v) is 41.6. The average Bonchev–Trinajstić information content (AvgIpc) is 3.71. The maximum atomic E-state index is 11.6. The molecule has 5 heterocycles. The largest absolute Gasteiger partial charge is 0.481 e. The molecule has 362 valence electrons. The summed E-state index contributed by atoms with van der Waals surface area (Å²) in [4.78, 5) is 28.0. The number of hydrogen-bond acceptors (Lipinski definition) is 10. The fourth-order valence-electron chi connectivity index (χ4n) is 8.88. The summed E-state index contributed by atoms with van der Waals surface area (Å²) in [7, 11) is -6.67. The van der Waals surface area contributed by atoms with E-state index in [4.69, 9.17) is 15.1 Å². The van der Waals surface area contributed by atoms with E-state index in [1.54, 1.807) is 24.3 Å². The van der Waals surface area contributed by atoms with Gasteiger partial charge in [0.15, 0.2) is 5.71 Å². The first-order valence-corrected chi connectivity index (χ1v) is 26.2. The molecule has 0 aliphatic carbocycles. The van der Waals surface area contributed by atoms with E-state index in [2.05, 4.69) is 78.2 Å². The minimum atomic E-state index is -4.31. The Kier molecular flexibility index (Phi) is 15.7. The van der Waals surface area contributed by atoms with Crippen molar-refractivity contribution in [3.05, 3.63) is 130 Å². The number of nitrogens with zero attached hydrogens (tertiary/aromatic N) is 6. The molecule has 3 N–H and O–H groups in total. The summed E-state index contributed by atoms with van der Waals surface area (Å²) in [6.07, 6.45) is 18.2. The number of aliphatic carboxylic acids is 1. The molecule has 3 aromatic rings. The Morgan fingerprint density at radius 1 is 0.725 bits per heavy atom. The second kappa shape index (κ2) is 21.3. The normalized spacial score (nSPS) is 18.4. The van der Waals surface area contributed by atoms with E-state index < -0.39 is 37.0 Å². The van der Waals surface area contributed by atoms with E-state index in [0.29, 0.717) is 11.1 Å². The fourth-order valence-corrected chi connectivity index (χ4v) is 9.84. The lowest BCUT2D eigenvalue weighted by atomic mass is 9.80. The van der Waals surface area contributed by atoms with Gasteiger partial charge in [0.05, 0.1) is 39.1 Å². The van der Waals surface area contributed by atoms with Crippen molar-refractivity contribution >= 4 is 43.6 Å². The van der Waals surface area contributed by atoms with Crippen molar-refractivity contribution in [3.63, 3.8) is 0 Å². The van der Waals surface area contributed by atoms with Crippen molar-refractivity contribution in [3.8, 4) is 23.7 Å². The second-order valence-electron chi connectivity index (χ2n) is 19.0. The highest BCUT2D eigenvalue weighted by molar-refractivity contribution is 7.86. The van der Waals surface area contributed by atoms with E-state index in [1.165, 1.54) is 24.3 Å². The van der Waals surface area contributed by atoms with Gasteiger partial charge in [0, 0.05) is 73.0 Å². The average molecular weight is 974 g/mol. The summed E-state index contributed by atoms with van der Waals surface area (Å²) in [5.41, 5.74) is 5.76. The van der Waals surface area contributed by atoms with Crippen molar-refractivity contribution in [1.82, 2.24) is 14.7 Å². The monoisotopic (exact) mass is 973 g/mol. The number of carboxylic acids is 1. The maximum absolute atomic E-state index is 11.6. The van der Waals surface area contributed by atoms with Gasteiger partial charge in [-0.1, -0.05) is 56.4 Å². The molecule has 1 aromatic heterocycles. The van der Waals surface area contributed by atoms with Crippen molar-refractivity contribution in [2.75, 3.05) is 45.8 Å². The zero-order valence-electron chi connectivity index (χ0n) is 39.9. The minimum absolute atomic E-state index is 0.186. The number of benzene rings is 2. The lowest BCUT2D eigenvalue weighted by Gasteiger charge is -2.34. The van der Waals surface area contributed by atoms with Gasteiger partial charge in [0.1, 0.15) is 12.0 Å². The molecule has 69 heavy (non-hydrogen) atoms. The summed E-state index contributed by atoms with van der Waals surface area (Å²) in [6.45, 7) is 15.6. The molecular weight excluding hydrogens is 913 g/mol. The van der Waals surface area contributed by atoms with E-state index in [9.17, 15) is 30.7 Å². The van der Waals surface area contributed by atoms with Crippen molar-refractivity contribution in [2.24, 2.45) is 22.4 Å². The van der Waals surface area contributed by atoms with Crippen LogP contribution in [0.25, 0.3) is 0 Å². The molecule has 16 heteroatoms. The van der Waals surface area contributed by atoms with Gasteiger partial charge in [0.2, 0.25) is 0 Å². The van der Waals surface area contributed by atoms with Gasteiger partial charge < -0.3 is 19.8 Å². The molecule has 0 atom stereocenters. The summed E-state index contributed by atoms with van der Waals surface area (Å²) in [5, 5.41) is 8.88. The van der Waals surface area contributed by atoms with Crippen LogP contribution >= 0.6 is 0 Å². The van der Waals surface area contributed by atoms with Crippen LogP contribution < -0.4 is 4.57 Å². The lowest BCUT2D eigenvalue weighted by Crippen LogP contribution is -2.46. The Morgan fingerprint density at radius 2 is 1.26 bits per heavy atom. The molecule has 0 spiro atoms. The fraction of sp³-hybridized carbons (Fsp3) is 0.396. The predicted molar refractivity (Wildman–Crippen MR) is 267 cm³/mol. The molecule has 2 aromatic carbocycles. The molecule has 0 bridgehead atoms. The first-order chi connectivity index (χ1) is 32.7. The van der Waals surface area contributed by atoms with Crippen LogP contribution in [0.3, 0.4) is 0 Å². The number of rotatable bonds is 16.